The van der Waals surface area contributed by atoms with Crippen LogP contribution in [0.25, 0.3) is 0 Å². The monoisotopic (exact) mass is 226 g/mol. The first-order valence-electron chi connectivity index (χ1n) is 5.67. The summed E-state index contributed by atoms with van der Waals surface area (Å²) in [4.78, 5) is 0. The van der Waals surface area contributed by atoms with Crippen LogP contribution in [-0.2, 0) is 17.7 Å². The zero-order valence-corrected chi connectivity index (χ0v) is 10.8. The van der Waals surface area contributed by atoms with Gasteiger partial charge in [-0.15, -0.1) is 0 Å². The van der Waals surface area contributed by atoms with E-state index in [1.54, 1.807) is 7.11 Å². The quantitative estimate of drug-likeness (QED) is 0.828. The normalized spacial score (nSPS) is 14.1. The van der Waals surface area contributed by atoms with Crippen molar-refractivity contribution in [2.75, 3.05) is 7.11 Å². The third kappa shape index (κ3) is 2.83. The Morgan fingerprint density at radius 3 is 2.69 bits per heavy atom. The summed E-state index contributed by atoms with van der Waals surface area (Å²) in [5.41, 5.74) is 1.51. The van der Waals surface area contributed by atoms with Gasteiger partial charge in [-0.2, -0.15) is 5.10 Å². The predicted molar refractivity (Wildman–Crippen MR) is 63.4 cm³/mol. The summed E-state index contributed by atoms with van der Waals surface area (Å²) in [5.74, 6) is 0. The topological polar surface area (TPSA) is 47.3 Å². The Labute approximate surface area is 97.2 Å². The van der Waals surface area contributed by atoms with E-state index >= 15 is 0 Å². The highest BCUT2D eigenvalue weighted by atomic mass is 16.5. The molecule has 1 N–H and O–H groups in total. The highest BCUT2D eigenvalue weighted by molar-refractivity contribution is 5.11. The highest BCUT2D eigenvalue weighted by Gasteiger charge is 2.28. The summed E-state index contributed by atoms with van der Waals surface area (Å²) >= 11 is 0. The van der Waals surface area contributed by atoms with Gasteiger partial charge in [-0.3, -0.25) is 4.68 Å². The molecule has 1 rings (SSSR count). The molecule has 0 radical (unpaired) electrons. The van der Waals surface area contributed by atoms with Gasteiger partial charge < -0.3 is 9.84 Å². The van der Waals surface area contributed by atoms with Gasteiger partial charge in [-0.05, 0) is 33.8 Å². The largest absolute Gasteiger partial charge is 0.390 e. The third-order valence-electron chi connectivity index (χ3n) is 3.02. The van der Waals surface area contributed by atoms with E-state index in [1.165, 1.54) is 0 Å². The van der Waals surface area contributed by atoms with Gasteiger partial charge in [-0.1, -0.05) is 0 Å². The third-order valence-corrected chi connectivity index (χ3v) is 3.02. The average molecular weight is 226 g/mol. The van der Waals surface area contributed by atoms with Crippen LogP contribution in [0.2, 0.25) is 0 Å². The number of methoxy groups -OCH3 is 1. The number of nitrogens with zero attached hydrogens (tertiary/aromatic N) is 2. The molecule has 16 heavy (non-hydrogen) atoms. The summed E-state index contributed by atoms with van der Waals surface area (Å²) in [7, 11) is 1.62. The molecule has 0 saturated carbocycles. The van der Waals surface area contributed by atoms with Crippen molar-refractivity contribution in [2.45, 2.75) is 52.4 Å². The molecule has 1 atom stereocenters. The lowest BCUT2D eigenvalue weighted by atomic mass is 9.97. The number of ether oxygens (including phenoxy) is 1. The number of hydrogen-bond acceptors (Lipinski definition) is 3. The van der Waals surface area contributed by atoms with Crippen molar-refractivity contribution in [3.63, 3.8) is 0 Å². The molecule has 0 aliphatic carbocycles. The minimum atomic E-state index is -0.531. The molecule has 1 aromatic rings. The van der Waals surface area contributed by atoms with Crippen LogP contribution in [-0.4, -0.2) is 33.7 Å². The van der Waals surface area contributed by atoms with Gasteiger partial charge in [0, 0.05) is 25.8 Å². The molecular formula is C12H22N2O2. The van der Waals surface area contributed by atoms with Crippen molar-refractivity contribution in [2.24, 2.45) is 0 Å². The van der Waals surface area contributed by atoms with E-state index < -0.39 is 11.7 Å². The average Bonchev–Trinajstić information content (AvgIpc) is 2.58. The van der Waals surface area contributed by atoms with Gasteiger partial charge in [0.15, 0.2) is 0 Å². The smallest absolute Gasteiger partial charge is 0.0884 e. The summed E-state index contributed by atoms with van der Waals surface area (Å²) in [6.07, 6.45) is 0.0362. The van der Waals surface area contributed by atoms with Crippen LogP contribution < -0.4 is 0 Å². The number of aromatic nitrogens is 2. The minimum absolute atomic E-state index is 0.529. The lowest BCUT2D eigenvalue weighted by Gasteiger charge is -2.29. The molecule has 4 heteroatoms. The fraction of sp³-hybridized carbons (Fsp3) is 0.750. The van der Waals surface area contributed by atoms with Crippen molar-refractivity contribution in [3.05, 3.63) is 17.5 Å². The lowest BCUT2D eigenvalue weighted by Crippen LogP contribution is -2.39. The van der Waals surface area contributed by atoms with Crippen molar-refractivity contribution in [3.8, 4) is 0 Å². The number of aliphatic hydroxyl groups excluding tert-OH is 1. The SMILES string of the molecule is CCn1nc(C)cc1CC(O)C(C)(C)OC. The van der Waals surface area contributed by atoms with E-state index in [0.29, 0.717) is 6.42 Å². The number of hydrogen-bond donors (Lipinski definition) is 1. The predicted octanol–water partition coefficient (Wildman–Crippen LogP) is 1.54. The molecule has 0 amide bonds. The van der Waals surface area contributed by atoms with Crippen molar-refractivity contribution in [1.82, 2.24) is 9.78 Å². The van der Waals surface area contributed by atoms with Gasteiger partial charge in [0.1, 0.15) is 0 Å². The molecule has 4 nitrogen and oxygen atoms in total. The van der Waals surface area contributed by atoms with E-state index in [1.807, 2.05) is 38.4 Å². The summed E-state index contributed by atoms with van der Waals surface area (Å²) in [5, 5.41) is 14.4. The molecule has 1 aromatic heterocycles. The molecule has 0 aliphatic heterocycles. The zero-order chi connectivity index (χ0) is 12.3. The molecule has 0 saturated heterocycles. The Balaban J connectivity index is 2.80. The first-order chi connectivity index (χ1) is 7.40. The summed E-state index contributed by atoms with van der Waals surface area (Å²) in [6.45, 7) is 8.60. The van der Waals surface area contributed by atoms with E-state index in [-0.39, 0.29) is 0 Å². The van der Waals surface area contributed by atoms with E-state index in [2.05, 4.69) is 5.10 Å². The maximum Gasteiger partial charge on any atom is 0.0884 e. The highest BCUT2D eigenvalue weighted by Crippen LogP contribution is 2.18. The molecule has 92 valence electrons. The van der Waals surface area contributed by atoms with Crippen LogP contribution in [0.4, 0.5) is 0 Å². The Morgan fingerprint density at radius 2 is 2.19 bits per heavy atom. The van der Waals surface area contributed by atoms with Gasteiger partial charge in [0.25, 0.3) is 0 Å². The van der Waals surface area contributed by atoms with Crippen LogP contribution in [0.5, 0.6) is 0 Å². The first kappa shape index (κ1) is 13.2. The number of aliphatic hydroxyl groups is 1. The number of rotatable bonds is 5. The van der Waals surface area contributed by atoms with Crippen LogP contribution in [0.3, 0.4) is 0 Å². The number of aryl methyl sites for hydroxylation is 2. The molecule has 1 heterocycles. The summed E-state index contributed by atoms with van der Waals surface area (Å²) in [6, 6.07) is 2.01. The molecule has 0 aromatic carbocycles. The molecule has 0 bridgehead atoms. The van der Waals surface area contributed by atoms with Crippen molar-refractivity contribution in [1.29, 1.82) is 0 Å². The second kappa shape index (κ2) is 4.97. The van der Waals surface area contributed by atoms with Gasteiger partial charge in [0.05, 0.1) is 17.4 Å². The first-order valence-corrected chi connectivity index (χ1v) is 5.67. The van der Waals surface area contributed by atoms with E-state index in [9.17, 15) is 5.11 Å². The summed E-state index contributed by atoms with van der Waals surface area (Å²) < 4.78 is 7.19. The van der Waals surface area contributed by atoms with Crippen molar-refractivity contribution < 1.29 is 9.84 Å². The molecular weight excluding hydrogens is 204 g/mol. The van der Waals surface area contributed by atoms with E-state index in [4.69, 9.17) is 4.74 Å². The second-order valence-electron chi connectivity index (χ2n) is 4.62. The van der Waals surface area contributed by atoms with Crippen LogP contribution >= 0.6 is 0 Å². The molecule has 0 fully saturated rings. The minimum Gasteiger partial charge on any atom is -0.390 e. The second-order valence-corrected chi connectivity index (χ2v) is 4.62. The molecule has 0 aliphatic rings. The Hall–Kier alpha value is -0.870. The maximum absolute atomic E-state index is 10.1. The van der Waals surface area contributed by atoms with E-state index in [0.717, 1.165) is 17.9 Å². The maximum atomic E-state index is 10.1. The van der Waals surface area contributed by atoms with Crippen molar-refractivity contribution >= 4 is 0 Å². The molecule has 0 spiro atoms. The Kier molecular flexibility index (Phi) is 4.10. The van der Waals surface area contributed by atoms with Gasteiger partial charge in [-0.25, -0.2) is 0 Å². The fourth-order valence-electron chi connectivity index (χ4n) is 1.62. The van der Waals surface area contributed by atoms with Crippen LogP contribution in [0.15, 0.2) is 6.07 Å². The Morgan fingerprint density at radius 1 is 1.56 bits per heavy atom. The zero-order valence-electron chi connectivity index (χ0n) is 10.8. The van der Waals surface area contributed by atoms with Gasteiger partial charge >= 0.3 is 0 Å². The van der Waals surface area contributed by atoms with Crippen LogP contribution in [0, 0.1) is 6.92 Å². The van der Waals surface area contributed by atoms with Gasteiger partial charge in [0.2, 0.25) is 0 Å². The molecule has 1 unspecified atom stereocenters. The lowest BCUT2D eigenvalue weighted by molar-refractivity contribution is -0.0771. The standard InChI is InChI=1S/C12H22N2O2/c1-6-14-10(7-9(2)13-14)8-11(15)12(3,4)16-5/h7,11,15H,6,8H2,1-5H3. The Bertz CT molecular complexity index is 345. The fourth-order valence-corrected chi connectivity index (χ4v) is 1.62. The van der Waals surface area contributed by atoms with Crippen LogP contribution in [0.1, 0.15) is 32.2 Å².